The van der Waals surface area contributed by atoms with E-state index < -0.39 is 0 Å². The van der Waals surface area contributed by atoms with Crippen LogP contribution in [0.1, 0.15) is 36.8 Å². The normalized spacial score (nSPS) is 26.8. The largest absolute Gasteiger partial charge is 0.393 e. The van der Waals surface area contributed by atoms with Crippen LogP contribution in [-0.2, 0) is 17.8 Å². The lowest BCUT2D eigenvalue weighted by atomic mass is 9.93. The van der Waals surface area contributed by atoms with Crippen molar-refractivity contribution in [1.82, 2.24) is 10.2 Å². The molecule has 0 amide bonds. The predicted octanol–water partition coefficient (Wildman–Crippen LogP) is 1.92. The molecular formula is C13H18ClN3O2. The van der Waals surface area contributed by atoms with E-state index in [0.717, 1.165) is 49.0 Å². The SMILES string of the molecule is O[C@H]1CCC[C@@H](Nc2nnc(Cl)c3c2COCC3)C1. The molecule has 0 bridgehead atoms. The van der Waals surface area contributed by atoms with E-state index in [9.17, 15) is 5.11 Å². The maximum atomic E-state index is 9.72. The van der Waals surface area contributed by atoms with E-state index in [-0.39, 0.29) is 12.1 Å². The molecule has 0 spiro atoms. The lowest BCUT2D eigenvalue weighted by Crippen LogP contribution is -2.31. The van der Waals surface area contributed by atoms with Crippen molar-refractivity contribution in [3.8, 4) is 0 Å². The van der Waals surface area contributed by atoms with Crippen LogP contribution in [0.15, 0.2) is 0 Å². The summed E-state index contributed by atoms with van der Waals surface area (Å²) in [5.41, 5.74) is 2.06. The van der Waals surface area contributed by atoms with Gasteiger partial charge in [0.15, 0.2) is 11.0 Å². The van der Waals surface area contributed by atoms with Gasteiger partial charge in [-0.25, -0.2) is 0 Å². The Morgan fingerprint density at radius 2 is 2.16 bits per heavy atom. The van der Waals surface area contributed by atoms with Crippen molar-refractivity contribution in [1.29, 1.82) is 0 Å². The van der Waals surface area contributed by atoms with Crippen LogP contribution in [0.5, 0.6) is 0 Å². The first-order valence-electron chi connectivity index (χ1n) is 6.80. The van der Waals surface area contributed by atoms with Crippen LogP contribution in [-0.4, -0.2) is 34.1 Å². The van der Waals surface area contributed by atoms with Crippen molar-refractivity contribution in [2.45, 2.75) is 50.9 Å². The average molecular weight is 284 g/mol. The minimum absolute atomic E-state index is 0.210. The van der Waals surface area contributed by atoms with E-state index in [2.05, 4.69) is 15.5 Å². The van der Waals surface area contributed by atoms with Crippen molar-refractivity contribution < 1.29 is 9.84 Å². The molecule has 0 aromatic carbocycles. The third-order valence-corrected chi connectivity index (χ3v) is 4.17. The summed E-state index contributed by atoms with van der Waals surface area (Å²) in [6.45, 7) is 1.21. The van der Waals surface area contributed by atoms with E-state index in [1.54, 1.807) is 0 Å². The molecule has 3 rings (SSSR count). The number of hydrogen-bond donors (Lipinski definition) is 2. The molecule has 1 saturated carbocycles. The summed E-state index contributed by atoms with van der Waals surface area (Å²) in [7, 11) is 0. The summed E-state index contributed by atoms with van der Waals surface area (Å²) in [5, 5.41) is 21.8. The number of ether oxygens (including phenoxy) is 1. The highest BCUT2D eigenvalue weighted by atomic mass is 35.5. The van der Waals surface area contributed by atoms with E-state index in [1.807, 2.05) is 0 Å². The Morgan fingerprint density at radius 1 is 1.26 bits per heavy atom. The zero-order valence-corrected chi connectivity index (χ0v) is 11.5. The number of fused-ring (bicyclic) bond motifs is 1. The van der Waals surface area contributed by atoms with Gasteiger partial charge in [-0.1, -0.05) is 11.6 Å². The summed E-state index contributed by atoms with van der Waals surface area (Å²) in [6, 6.07) is 0.255. The van der Waals surface area contributed by atoms with Crippen LogP contribution in [0.25, 0.3) is 0 Å². The number of anilines is 1. The highest BCUT2D eigenvalue weighted by Crippen LogP contribution is 2.29. The molecule has 1 fully saturated rings. The highest BCUT2D eigenvalue weighted by molar-refractivity contribution is 6.30. The van der Waals surface area contributed by atoms with Gasteiger partial charge < -0.3 is 15.2 Å². The molecular weight excluding hydrogens is 266 g/mol. The fourth-order valence-electron chi connectivity index (χ4n) is 2.84. The first-order valence-corrected chi connectivity index (χ1v) is 7.18. The van der Waals surface area contributed by atoms with Gasteiger partial charge in [-0.3, -0.25) is 0 Å². The molecule has 0 unspecified atom stereocenters. The summed E-state index contributed by atoms with van der Waals surface area (Å²) in [4.78, 5) is 0. The zero-order valence-electron chi connectivity index (χ0n) is 10.7. The first-order chi connectivity index (χ1) is 9.24. The Balaban J connectivity index is 1.81. The number of aliphatic hydroxyl groups excluding tert-OH is 1. The van der Waals surface area contributed by atoms with Gasteiger partial charge in [-0.2, -0.15) is 0 Å². The van der Waals surface area contributed by atoms with Crippen LogP contribution < -0.4 is 5.32 Å². The smallest absolute Gasteiger partial charge is 0.155 e. The van der Waals surface area contributed by atoms with Crippen LogP contribution in [0.2, 0.25) is 5.15 Å². The number of aromatic nitrogens is 2. The summed E-state index contributed by atoms with van der Waals surface area (Å²) >= 11 is 6.08. The van der Waals surface area contributed by atoms with Gasteiger partial charge in [0, 0.05) is 17.2 Å². The minimum Gasteiger partial charge on any atom is -0.393 e. The van der Waals surface area contributed by atoms with Gasteiger partial charge in [0.1, 0.15) is 0 Å². The monoisotopic (exact) mass is 283 g/mol. The average Bonchev–Trinajstić information content (AvgIpc) is 2.42. The molecule has 0 saturated heterocycles. The molecule has 6 heteroatoms. The molecule has 1 aromatic heterocycles. The molecule has 2 atom stereocenters. The third-order valence-electron chi connectivity index (χ3n) is 3.87. The van der Waals surface area contributed by atoms with Gasteiger partial charge in [0.05, 0.1) is 19.3 Å². The minimum atomic E-state index is -0.210. The van der Waals surface area contributed by atoms with Crippen molar-refractivity contribution in [3.05, 3.63) is 16.3 Å². The lowest BCUT2D eigenvalue weighted by Gasteiger charge is -2.28. The van der Waals surface area contributed by atoms with Gasteiger partial charge in [-0.05, 0) is 32.1 Å². The Kier molecular flexibility index (Phi) is 3.86. The molecule has 2 heterocycles. The highest BCUT2D eigenvalue weighted by Gasteiger charge is 2.24. The van der Waals surface area contributed by atoms with Crippen molar-refractivity contribution in [3.63, 3.8) is 0 Å². The molecule has 2 N–H and O–H groups in total. The first kappa shape index (κ1) is 13.1. The fraction of sp³-hybridized carbons (Fsp3) is 0.692. The van der Waals surface area contributed by atoms with E-state index in [1.165, 1.54) is 0 Å². The second-order valence-corrected chi connectivity index (χ2v) is 5.62. The van der Waals surface area contributed by atoms with Crippen LogP contribution in [0, 0.1) is 0 Å². The van der Waals surface area contributed by atoms with Crippen molar-refractivity contribution in [2.75, 3.05) is 11.9 Å². The molecule has 1 aliphatic heterocycles. The number of hydrogen-bond acceptors (Lipinski definition) is 5. The standard InChI is InChI=1S/C13H18ClN3O2/c14-12-10-4-5-19-7-11(10)13(17-16-12)15-8-2-1-3-9(18)6-8/h8-9,18H,1-7H2,(H,15,17)/t8-,9+/m1/s1. The van der Waals surface area contributed by atoms with Gasteiger partial charge in [0.2, 0.25) is 0 Å². The fourth-order valence-corrected chi connectivity index (χ4v) is 3.09. The number of nitrogens with one attached hydrogen (secondary N) is 1. The third kappa shape index (κ3) is 2.83. The van der Waals surface area contributed by atoms with Crippen LogP contribution >= 0.6 is 11.6 Å². The Bertz CT molecular complexity index is 469. The number of nitrogens with zero attached hydrogens (tertiary/aromatic N) is 2. The lowest BCUT2D eigenvalue weighted by molar-refractivity contribution is 0.110. The Labute approximate surface area is 117 Å². The number of aliphatic hydroxyl groups is 1. The second kappa shape index (κ2) is 5.61. The van der Waals surface area contributed by atoms with E-state index in [4.69, 9.17) is 16.3 Å². The quantitative estimate of drug-likeness (QED) is 0.868. The van der Waals surface area contributed by atoms with Crippen molar-refractivity contribution in [2.24, 2.45) is 0 Å². The molecule has 1 aromatic rings. The second-order valence-electron chi connectivity index (χ2n) is 5.26. The molecule has 0 radical (unpaired) electrons. The van der Waals surface area contributed by atoms with Gasteiger partial charge in [0.25, 0.3) is 0 Å². The summed E-state index contributed by atoms with van der Waals surface area (Å²) in [5.74, 6) is 0.762. The molecule has 2 aliphatic rings. The Hall–Kier alpha value is -0.910. The van der Waals surface area contributed by atoms with E-state index >= 15 is 0 Å². The maximum Gasteiger partial charge on any atom is 0.155 e. The van der Waals surface area contributed by atoms with Crippen LogP contribution in [0.4, 0.5) is 5.82 Å². The topological polar surface area (TPSA) is 67.3 Å². The predicted molar refractivity (Wildman–Crippen MR) is 72.3 cm³/mol. The number of halogens is 1. The molecule has 104 valence electrons. The zero-order chi connectivity index (χ0) is 13.2. The van der Waals surface area contributed by atoms with Gasteiger partial charge >= 0.3 is 0 Å². The molecule has 5 nitrogen and oxygen atoms in total. The molecule has 19 heavy (non-hydrogen) atoms. The van der Waals surface area contributed by atoms with Crippen LogP contribution in [0.3, 0.4) is 0 Å². The maximum absolute atomic E-state index is 9.72. The molecule has 1 aliphatic carbocycles. The number of rotatable bonds is 2. The Morgan fingerprint density at radius 3 is 3.00 bits per heavy atom. The van der Waals surface area contributed by atoms with Gasteiger partial charge in [-0.15, -0.1) is 10.2 Å². The van der Waals surface area contributed by atoms with Crippen molar-refractivity contribution >= 4 is 17.4 Å². The van der Waals surface area contributed by atoms with E-state index in [0.29, 0.717) is 18.4 Å². The summed E-state index contributed by atoms with van der Waals surface area (Å²) in [6.07, 6.45) is 4.32. The summed E-state index contributed by atoms with van der Waals surface area (Å²) < 4.78 is 5.49.